The second-order valence-electron chi connectivity index (χ2n) is 4.19. The highest BCUT2D eigenvalue weighted by molar-refractivity contribution is 5.86. The summed E-state index contributed by atoms with van der Waals surface area (Å²) >= 11 is 0. The van der Waals surface area contributed by atoms with Gasteiger partial charge in [-0.15, -0.1) is 5.10 Å². The molecule has 9 nitrogen and oxygen atoms in total. The van der Waals surface area contributed by atoms with Gasteiger partial charge in [0, 0.05) is 0 Å². The highest BCUT2D eigenvalue weighted by atomic mass is 16.5. The van der Waals surface area contributed by atoms with E-state index in [1.165, 1.54) is 10.9 Å². The fraction of sp³-hybridized carbons (Fsp3) is 0.250. The zero-order chi connectivity index (χ0) is 14.8. The van der Waals surface area contributed by atoms with Crippen LogP contribution >= 0.6 is 0 Å². The topological polar surface area (TPSA) is 120 Å². The van der Waals surface area contributed by atoms with Gasteiger partial charge < -0.3 is 14.0 Å². The van der Waals surface area contributed by atoms with Crippen LogP contribution in [0.25, 0.3) is 11.6 Å². The second-order valence-corrected chi connectivity index (χ2v) is 4.19. The van der Waals surface area contributed by atoms with Crippen LogP contribution in [0.1, 0.15) is 29.0 Å². The molecule has 0 radical (unpaired) electrons. The Hall–Kier alpha value is -2.97. The molecule has 0 aliphatic heterocycles. The third-order valence-electron chi connectivity index (χ3n) is 2.87. The monoisotopic (exact) mass is 289 g/mol. The average Bonchev–Trinajstić information content (AvgIpc) is 3.18. The molecule has 9 heteroatoms. The van der Waals surface area contributed by atoms with E-state index in [1.807, 2.05) is 6.92 Å². The molecule has 0 amide bonds. The van der Waals surface area contributed by atoms with E-state index in [0.717, 1.165) is 0 Å². The van der Waals surface area contributed by atoms with Gasteiger partial charge in [-0.05, 0) is 18.6 Å². The molecule has 21 heavy (non-hydrogen) atoms. The van der Waals surface area contributed by atoms with Gasteiger partial charge in [0.05, 0.1) is 12.0 Å². The summed E-state index contributed by atoms with van der Waals surface area (Å²) in [7, 11) is 0. The first kappa shape index (κ1) is 13.0. The lowest BCUT2D eigenvalue weighted by molar-refractivity contribution is 0.0689. The van der Waals surface area contributed by atoms with Crippen molar-refractivity contribution in [2.75, 3.05) is 0 Å². The molecular formula is C12H11N5O4. The molecule has 3 rings (SSSR count). The van der Waals surface area contributed by atoms with Gasteiger partial charge in [-0.3, -0.25) is 0 Å². The van der Waals surface area contributed by atoms with E-state index >= 15 is 0 Å². The van der Waals surface area contributed by atoms with Crippen molar-refractivity contribution >= 4 is 5.97 Å². The number of hydrogen-bond donors (Lipinski definition) is 1. The predicted molar refractivity (Wildman–Crippen MR) is 67.5 cm³/mol. The van der Waals surface area contributed by atoms with E-state index in [2.05, 4.69) is 20.5 Å². The zero-order valence-electron chi connectivity index (χ0n) is 11.1. The maximum absolute atomic E-state index is 11.0. The van der Waals surface area contributed by atoms with Crippen molar-refractivity contribution in [2.24, 2.45) is 0 Å². The van der Waals surface area contributed by atoms with E-state index in [9.17, 15) is 4.79 Å². The van der Waals surface area contributed by atoms with Gasteiger partial charge in [-0.2, -0.15) is 4.98 Å². The molecule has 0 aliphatic rings. The number of hydrogen-bond acceptors (Lipinski definition) is 7. The minimum absolute atomic E-state index is 0.0664. The maximum Gasteiger partial charge on any atom is 0.358 e. The molecule has 0 saturated heterocycles. The SMILES string of the molecule is CCc1c(C(=O)O)nnn1Cc1nc(-c2ccco2)no1. The Morgan fingerprint density at radius 2 is 2.33 bits per heavy atom. The molecule has 0 aromatic carbocycles. The Balaban J connectivity index is 1.86. The summed E-state index contributed by atoms with van der Waals surface area (Å²) in [5.74, 6) is -0.00463. The molecule has 0 aliphatic carbocycles. The van der Waals surface area contributed by atoms with Crippen LogP contribution in [0.5, 0.6) is 0 Å². The first-order valence-electron chi connectivity index (χ1n) is 6.21. The molecule has 3 heterocycles. The quantitative estimate of drug-likeness (QED) is 0.744. The van der Waals surface area contributed by atoms with E-state index in [-0.39, 0.29) is 18.1 Å². The summed E-state index contributed by atoms with van der Waals surface area (Å²) in [5.41, 5.74) is 0.434. The highest BCUT2D eigenvalue weighted by Crippen LogP contribution is 2.16. The number of aromatic carboxylic acids is 1. The van der Waals surface area contributed by atoms with Crippen molar-refractivity contribution in [2.45, 2.75) is 19.9 Å². The lowest BCUT2D eigenvalue weighted by Crippen LogP contribution is -2.08. The highest BCUT2D eigenvalue weighted by Gasteiger charge is 2.19. The van der Waals surface area contributed by atoms with Gasteiger partial charge >= 0.3 is 5.97 Å². The molecule has 3 aromatic rings. The Bertz CT molecular complexity index is 759. The molecule has 3 aromatic heterocycles. The van der Waals surface area contributed by atoms with Crippen molar-refractivity contribution in [3.05, 3.63) is 35.7 Å². The molecular weight excluding hydrogens is 278 g/mol. The second kappa shape index (κ2) is 5.19. The summed E-state index contributed by atoms with van der Waals surface area (Å²) in [4.78, 5) is 15.2. The summed E-state index contributed by atoms with van der Waals surface area (Å²) in [6.45, 7) is 1.97. The number of carboxylic acids is 1. The molecule has 0 saturated carbocycles. The van der Waals surface area contributed by atoms with Crippen LogP contribution in [0.2, 0.25) is 0 Å². The fourth-order valence-corrected chi connectivity index (χ4v) is 1.93. The first-order chi connectivity index (χ1) is 10.2. The maximum atomic E-state index is 11.0. The van der Waals surface area contributed by atoms with Crippen molar-refractivity contribution in [1.29, 1.82) is 0 Å². The standard InChI is InChI=1S/C12H11N5O4/c1-2-7-10(12(18)19)14-16-17(7)6-9-13-11(15-21-9)8-4-3-5-20-8/h3-5H,2,6H2,1H3,(H,18,19). The smallest absolute Gasteiger partial charge is 0.358 e. The van der Waals surface area contributed by atoms with Crippen LogP contribution in [0.3, 0.4) is 0 Å². The van der Waals surface area contributed by atoms with Gasteiger partial charge in [-0.1, -0.05) is 17.3 Å². The van der Waals surface area contributed by atoms with E-state index in [4.69, 9.17) is 14.0 Å². The molecule has 0 bridgehead atoms. The van der Waals surface area contributed by atoms with E-state index in [1.54, 1.807) is 12.1 Å². The molecule has 0 unspecified atom stereocenters. The van der Waals surface area contributed by atoms with Crippen molar-refractivity contribution in [1.82, 2.24) is 25.1 Å². The Morgan fingerprint density at radius 1 is 1.48 bits per heavy atom. The summed E-state index contributed by atoms with van der Waals surface area (Å²) < 4.78 is 11.7. The predicted octanol–water partition coefficient (Wildman–Crippen LogP) is 1.23. The van der Waals surface area contributed by atoms with Gasteiger partial charge in [0.25, 0.3) is 0 Å². The summed E-state index contributed by atoms with van der Waals surface area (Å²) in [5, 5.41) is 20.3. The number of nitrogens with zero attached hydrogens (tertiary/aromatic N) is 5. The van der Waals surface area contributed by atoms with Gasteiger partial charge in [0.2, 0.25) is 11.7 Å². The van der Waals surface area contributed by atoms with Crippen LogP contribution in [-0.4, -0.2) is 36.2 Å². The van der Waals surface area contributed by atoms with Gasteiger partial charge in [-0.25, -0.2) is 9.48 Å². The lowest BCUT2D eigenvalue weighted by atomic mass is 10.2. The largest absolute Gasteiger partial charge is 0.476 e. The zero-order valence-corrected chi connectivity index (χ0v) is 11.1. The number of carboxylic acid groups (broad SMARTS) is 1. The fourth-order valence-electron chi connectivity index (χ4n) is 1.93. The van der Waals surface area contributed by atoms with Crippen molar-refractivity contribution in [3.8, 4) is 11.6 Å². The number of aromatic nitrogens is 5. The Labute approximate surface area is 118 Å². The van der Waals surface area contributed by atoms with Gasteiger partial charge in [0.1, 0.15) is 6.54 Å². The van der Waals surface area contributed by atoms with Crippen LogP contribution in [0.15, 0.2) is 27.3 Å². The van der Waals surface area contributed by atoms with Crippen LogP contribution in [0, 0.1) is 0 Å². The van der Waals surface area contributed by atoms with Gasteiger partial charge in [0.15, 0.2) is 11.5 Å². The Kier molecular flexibility index (Phi) is 3.22. The van der Waals surface area contributed by atoms with E-state index in [0.29, 0.717) is 23.7 Å². The number of carbonyl (C=O) groups is 1. The average molecular weight is 289 g/mol. The Morgan fingerprint density at radius 3 is 3.00 bits per heavy atom. The normalized spacial score (nSPS) is 10.9. The van der Waals surface area contributed by atoms with Crippen molar-refractivity contribution < 1.29 is 18.8 Å². The summed E-state index contributed by atoms with van der Waals surface area (Å²) in [6, 6.07) is 3.43. The molecule has 0 atom stereocenters. The van der Waals surface area contributed by atoms with E-state index < -0.39 is 5.97 Å². The van der Waals surface area contributed by atoms with Crippen LogP contribution in [0.4, 0.5) is 0 Å². The molecule has 1 N–H and O–H groups in total. The first-order valence-corrected chi connectivity index (χ1v) is 6.21. The number of rotatable bonds is 5. The lowest BCUT2D eigenvalue weighted by Gasteiger charge is -2.00. The minimum atomic E-state index is -1.11. The van der Waals surface area contributed by atoms with Crippen molar-refractivity contribution in [3.63, 3.8) is 0 Å². The third-order valence-corrected chi connectivity index (χ3v) is 2.87. The van der Waals surface area contributed by atoms with Crippen LogP contribution in [-0.2, 0) is 13.0 Å². The van der Waals surface area contributed by atoms with Crippen LogP contribution < -0.4 is 0 Å². The molecule has 0 fully saturated rings. The number of furan rings is 1. The minimum Gasteiger partial charge on any atom is -0.476 e. The summed E-state index contributed by atoms with van der Waals surface area (Å²) in [6.07, 6.45) is 1.99. The third kappa shape index (κ3) is 2.40. The molecule has 0 spiro atoms. The molecule has 108 valence electrons.